The summed E-state index contributed by atoms with van der Waals surface area (Å²) in [6.07, 6.45) is 1.76. The lowest BCUT2D eigenvalue weighted by molar-refractivity contribution is -0.129. The first-order valence-electron chi connectivity index (χ1n) is 7.08. The summed E-state index contributed by atoms with van der Waals surface area (Å²) < 4.78 is 0. The average molecular weight is 304 g/mol. The van der Waals surface area contributed by atoms with Crippen molar-refractivity contribution < 1.29 is 4.79 Å². The Balaban J connectivity index is 1.85. The maximum atomic E-state index is 11.9. The van der Waals surface area contributed by atoms with Crippen molar-refractivity contribution in [2.24, 2.45) is 0 Å². The summed E-state index contributed by atoms with van der Waals surface area (Å²) >= 11 is 1.57. The highest BCUT2D eigenvalue weighted by atomic mass is 32.1. The van der Waals surface area contributed by atoms with Gasteiger partial charge < -0.3 is 10.2 Å². The van der Waals surface area contributed by atoms with Gasteiger partial charge in [0.1, 0.15) is 5.01 Å². The van der Waals surface area contributed by atoms with Gasteiger partial charge in [-0.2, -0.15) is 0 Å². The first-order chi connectivity index (χ1) is 10.2. The zero-order chi connectivity index (χ0) is 15.1. The molecular weight excluding hydrogens is 284 g/mol. The molecule has 1 N–H and O–H groups in total. The number of carbonyl (C=O) groups is 1. The fourth-order valence-corrected chi connectivity index (χ4v) is 2.78. The Morgan fingerprint density at radius 3 is 2.81 bits per heavy atom. The van der Waals surface area contributed by atoms with E-state index in [-0.39, 0.29) is 5.91 Å². The van der Waals surface area contributed by atoms with Gasteiger partial charge in [0.2, 0.25) is 5.91 Å². The van der Waals surface area contributed by atoms with Crippen molar-refractivity contribution in [2.75, 3.05) is 19.6 Å². The molecule has 1 amide bonds. The lowest BCUT2D eigenvalue weighted by atomic mass is 10.3. The topological polar surface area (TPSA) is 58.1 Å². The molecule has 2 heterocycles. The van der Waals surface area contributed by atoms with Gasteiger partial charge in [-0.1, -0.05) is 6.07 Å². The zero-order valence-corrected chi connectivity index (χ0v) is 13.2. The van der Waals surface area contributed by atoms with Gasteiger partial charge in [0.25, 0.3) is 0 Å². The molecule has 0 atom stereocenters. The van der Waals surface area contributed by atoms with Crippen molar-refractivity contribution in [3.05, 3.63) is 35.5 Å². The Bertz CT molecular complexity index is 566. The molecule has 0 saturated carbocycles. The van der Waals surface area contributed by atoms with Crippen molar-refractivity contribution in [3.8, 4) is 10.7 Å². The normalized spacial score (nSPS) is 10.6. The summed E-state index contributed by atoms with van der Waals surface area (Å²) in [6.45, 7) is 6.41. The molecule has 0 spiro atoms. The number of thiazole rings is 1. The van der Waals surface area contributed by atoms with Crippen molar-refractivity contribution in [1.29, 1.82) is 0 Å². The van der Waals surface area contributed by atoms with Gasteiger partial charge in [0, 0.05) is 31.2 Å². The highest BCUT2D eigenvalue weighted by Crippen LogP contribution is 2.20. The number of rotatable bonds is 7. The number of pyridine rings is 1. The quantitative estimate of drug-likeness (QED) is 0.851. The second-order valence-corrected chi connectivity index (χ2v) is 5.39. The van der Waals surface area contributed by atoms with Crippen LogP contribution < -0.4 is 5.32 Å². The molecule has 0 unspecified atom stereocenters. The van der Waals surface area contributed by atoms with Gasteiger partial charge in [-0.3, -0.25) is 9.78 Å². The van der Waals surface area contributed by atoms with Crippen LogP contribution in [0.5, 0.6) is 0 Å². The molecule has 21 heavy (non-hydrogen) atoms. The second-order valence-electron chi connectivity index (χ2n) is 4.53. The Kier molecular flexibility index (Phi) is 5.83. The highest BCUT2D eigenvalue weighted by molar-refractivity contribution is 7.13. The van der Waals surface area contributed by atoms with Crippen LogP contribution in [0, 0.1) is 0 Å². The predicted molar refractivity (Wildman–Crippen MR) is 85.0 cm³/mol. The molecule has 112 valence electrons. The number of carbonyl (C=O) groups excluding carboxylic acids is 1. The second kappa shape index (κ2) is 7.85. The largest absolute Gasteiger partial charge is 0.342 e. The van der Waals surface area contributed by atoms with Crippen molar-refractivity contribution >= 4 is 17.2 Å². The van der Waals surface area contributed by atoms with E-state index in [9.17, 15) is 4.79 Å². The monoisotopic (exact) mass is 304 g/mol. The molecule has 0 bridgehead atoms. The number of nitrogens with zero attached hydrogens (tertiary/aromatic N) is 3. The molecule has 0 saturated heterocycles. The van der Waals surface area contributed by atoms with Gasteiger partial charge >= 0.3 is 0 Å². The fraction of sp³-hybridized carbons (Fsp3) is 0.400. The molecule has 2 rings (SSSR count). The van der Waals surface area contributed by atoms with Crippen LogP contribution in [0.2, 0.25) is 0 Å². The van der Waals surface area contributed by atoms with E-state index in [0.717, 1.165) is 29.5 Å². The molecule has 0 aromatic carbocycles. The molecule has 0 fully saturated rings. The number of aromatic nitrogens is 2. The lowest BCUT2D eigenvalue weighted by Gasteiger charge is -2.18. The van der Waals surface area contributed by atoms with Gasteiger partial charge in [-0.25, -0.2) is 4.98 Å². The van der Waals surface area contributed by atoms with E-state index in [4.69, 9.17) is 0 Å². The third kappa shape index (κ3) is 4.34. The summed E-state index contributed by atoms with van der Waals surface area (Å²) in [5.41, 5.74) is 1.82. The summed E-state index contributed by atoms with van der Waals surface area (Å²) in [5.74, 6) is 0.125. The minimum absolute atomic E-state index is 0.125. The average Bonchev–Trinajstić information content (AvgIpc) is 2.98. The van der Waals surface area contributed by atoms with Crippen LogP contribution in [0.4, 0.5) is 0 Å². The number of nitrogens with one attached hydrogen (secondary N) is 1. The number of amides is 1. The SMILES string of the molecule is CCN(CC)C(=O)CNCc1csc(-c2ccccn2)n1. The van der Waals surface area contributed by atoms with E-state index in [1.807, 2.05) is 42.3 Å². The van der Waals surface area contributed by atoms with Gasteiger partial charge in [0.05, 0.1) is 17.9 Å². The van der Waals surface area contributed by atoms with E-state index in [1.165, 1.54) is 0 Å². The fourth-order valence-electron chi connectivity index (χ4n) is 1.98. The molecule has 0 aliphatic heterocycles. The molecule has 0 aliphatic rings. The van der Waals surface area contributed by atoms with Crippen LogP contribution in [0.15, 0.2) is 29.8 Å². The highest BCUT2D eigenvalue weighted by Gasteiger charge is 2.09. The number of likely N-dealkylation sites (N-methyl/N-ethyl adjacent to an activating group) is 1. The van der Waals surface area contributed by atoms with Crippen LogP contribution in [0.3, 0.4) is 0 Å². The Morgan fingerprint density at radius 1 is 1.33 bits per heavy atom. The first kappa shape index (κ1) is 15.6. The first-order valence-corrected chi connectivity index (χ1v) is 7.96. The number of hydrogen-bond donors (Lipinski definition) is 1. The van der Waals surface area contributed by atoms with E-state index in [2.05, 4.69) is 15.3 Å². The van der Waals surface area contributed by atoms with Gasteiger partial charge in [-0.05, 0) is 26.0 Å². The maximum absolute atomic E-state index is 11.9. The molecule has 0 aliphatic carbocycles. The van der Waals surface area contributed by atoms with Crippen molar-refractivity contribution in [3.63, 3.8) is 0 Å². The van der Waals surface area contributed by atoms with E-state index < -0.39 is 0 Å². The minimum atomic E-state index is 0.125. The third-order valence-corrected chi connectivity index (χ3v) is 4.05. The van der Waals surface area contributed by atoms with E-state index >= 15 is 0 Å². The van der Waals surface area contributed by atoms with Crippen LogP contribution >= 0.6 is 11.3 Å². The molecule has 2 aromatic heterocycles. The summed E-state index contributed by atoms with van der Waals surface area (Å²) in [5, 5.41) is 6.05. The maximum Gasteiger partial charge on any atom is 0.236 e. The summed E-state index contributed by atoms with van der Waals surface area (Å²) in [6, 6.07) is 5.78. The van der Waals surface area contributed by atoms with Crippen molar-refractivity contribution in [2.45, 2.75) is 20.4 Å². The van der Waals surface area contributed by atoms with Gasteiger partial charge in [0.15, 0.2) is 0 Å². The number of hydrogen-bond acceptors (Lipinski definition) is 5. The van der Waals surface area contributed by atoms with Crippen LogP contribution in [0.1, 0.15) is 19.5 Å². The Labute approximate surface area is 129 Å². The van der Waals surface area contributed by atoms with Crippen LogP contribution in [-0.4, -0.2) is 40.4 Å². The molecule has 0 radical (unpaired) electrons. The van der Waals surface area contributed by atoms with E-state index in [1.54, 1.807) is 17.5 Å². The molecular formula is C15H20N4OS. The summed E-state index contributed by atoms with van der Waals surface area (Å²) in [7, 11) is 0. The van der Waals surface area contributed by atoms with Crippen LogP contribution in [0.25, 0.3) is 10.7 Å². The Morgan fingerprint density at radius 2 is 2.14 bits per heavy atom. The minimum Gasteiger partial charge on any atom is -0.342 e. The lowest BCUT2D eigenvalue weighted by Crippen LogP contribution is -2.37. The third-order valence-electron chi connectivity index (χ3n) is 3.13. The van der Waals surface area contributed by atoms with E-state index in [0.29, 0.717) is 13.1 Å². The smallest absolute Gasteiger partial charge is 0.236 e. The summed E-state index contributed by atoms with van der Waals surface area (Å²) in [4.78, 5) is 22.5. The standard InChI is InChI=1S/C15H20N4OS/c1-3-19(4-2)14(20)10-16-9-12-11-21-15(18-12)13-7-5-6-8-17-13/h5-8,11,16H,3-4,9-10H2,1-2H3. The molecule has 2 aromatic rings. The molecule has 5 nitrogen and oxygen atoms in total. The molecule has 6 heteroatoms. The Hall–Kier alpha value is -1.79. The predicted octanol–water partition coefficient (Wildman–Crippen LogP) is 2.16. The van der Waals surface area contributed by atoms with Crippen molar-refractivity contribution in [1.82, 2.24) is 20.2 Å². The zero-order valence-electron chi connectivity index (χ0n) is 12.4. The van der Waals surface area contributed by atoms with Crippen LogP contribution in [-0.2, 0) is 11.3 Å². The van der Waals surface area contributed by atoms with Gasteiger partial charge in [-0.15, -0.1) is 11.3 Å².